The zero-order chi connectivity index (χ0) is 26.4. The van der Waals surface area contributed by atoms with Crippen LogP contribution in [0, 0.1) is 0 Å². The molecular weight excluding hydrogens is 495 g/mol. The zero-order valence-corrected chi connectivity index (χ0v) is 22.3. The number of fused-ring (bicyclic) bond motifs is 3. The smallest absolute Gasteiger partial charge is 0.160 e. The highest BCUT2D eigenvalue weighted by Crippen LogP contribution is 2.52. The lowest BCUT2D eigenvalue weighted by Gasteiger charge is -2.12. The Labute approximate surface area is 228 Å². The minimum Gasteiger partial charge on any atom is -0.314 e. The second-order valence-corrected chi connectivity index (χ2v) is 12.7. The predicted octanol–water partition coefficient (Wildman–Crippen LogP) is 8.07. The van der Waals surface area contributed by atoms with E-state index in [1.807, 2.05) is 85.5 Å². The lowest BCUT2D eigenvalue weighted by molar-refractivity contribution is 0.591. The first-order valence-electron chi connectivity index (χ1n) is 13.0. The van der Waals surface area contributed by atoms with Gasteiger partial charge in [0.05, 0.1) is 11.4 Å². The molecule has 0 aliphatic carbocycles. The number of benzene rings is 5. The van der Waals surface area contributed by atoms with Crippen LogP contribution in [0.3, 0.4) is 0 Å². The normalized spacial score (nSPS) is 15.5. The van der Waals surface area contributed by atoms with Crippen LogP contribution in [-0.2, 0) is 4.57 Å². The van der Waals surface area contributed by atoms with Crippen molar-refractivity contribution >= 4 is 17.8 Å². The third-order valence-electron chi connectivity index (χ3n) is 7.45. The van der Waals surface area contributed by atoms with E-state index in [0.717, 1.165) is 60.9 Å². The molecule has 39 heavy (non-hydrogen) atoms. The second kappa shape index (κ2) is 9.31. The van der Waals surface area contributed by atoms with Crippen molar-refractivity contribution in [2.75, 3.05) is 6.66 Å². The number of aromatic nitrogens is 2. The molecule has 0 saturated heterocycles. The third-order valence-corrected chi connectivity index (χ3v) is 10.1. The summed E-state index contributed by atoms with van der Waals surface area (Å²) in [7, 11) is -2.61. The fraction of sp³-hybridized carbons (Fsp3) is 0.0286. The molecule has 6 aromatic rings. The molecule has 1 aliphatic heterocycles. The van der Waals surface area contributed by atoms with E-state index in [9.17, 15) is 4.57 Å². The van der Waals surface area contributed by atoms with E-state index in [4.69, 9.17) is 9.97 Å². The lowest BCUT2D eigenvalue weighted by Crippen LogP contribution is -2.07. The summed E-state index contributed by atoms with van der Waals surface area (Å²) in [6.45, 7) is 1.88. The Bertz CT molecular complexity index is 1820. The van der Waals surface area contributed by atoms with Crippen molar-refractivity contribution in [3.8, 4) is 56.2 Å². The standard InChI is InChI=1S/C35H25N2OP/c1-39(38)32-17-9-8-15-29(32)34-28(16-10-18-33(34)39)24-19-21-26(22-20-24)31-23-30(25-11-4-2-5-12-25)36-35(37-31)27-13-6-3-7-14-27/h2-23H,1H3. The Kier molecular flexibility index (Phi) is 5.61. The first kappa shape index (κ1) is 23.5. The molecule has 5 aromatic carbocycles. The molecule has 1 atom stereocenters. The van der Waals surface area contributed by atoms with Crippen molar-refractivity contribution in [1.29, 1.82) is 0 Å². The van der Waals surface area contributed by atoms with Crippen molar-refractivity contribution in [3.63, 3.8) is 0 Å². The molecule has 2 heterocycles. The summed E-state index contributed by atoms with van der Waals surface area (Å²) in [5.41, 5.74) is 9.17. The van der Waals surface area contributed by atoms with E-state index in [0.29, 0.717) is 5.82 Å². The van der Waals surface area contributed by atoms with E-state index in [-0.39, 0.29) is 0 Å². The first-order chi connectivity index (χ1) is 19.1. The van der Waals surface area contributed by atoms with Crippen LogP contribution in [0.25, 0.3) is 56.2 Å². The maximum atomic E-state index is 13.8. The number of hydrogen-bond acceptors (Lipinski definition) is 3. The van der Waals surface area contributed by atoms with Gasteiger partial charge < -0.3 is 4.57 Å². The fourth-order valence-corrected chi connectivity index (χ4v) is 7.81. The van der Waals surface area contributed by atoms with Gasteiger partial charge in [0, 0.05) is 32.9 Å². The first-order valence-corrected chi connectivity index (χ1v) is 15.2. The van der Waals surface area contributed by atoms with E-state index in [1.54, 1.807) is 0 Å². The van der Waals surface area contributed by atoms with Gasteiger partial charge in [-0.15, -0.1) is 0 Å². The van der Waals surface area contributed by atoms with Crippen LogP contribution in [0.2, 0.25) is 0 Å². The van der Waals surface area contributed by atoms with Gasteiger partial charge in [0.25, 0.3) is 0 Å². The van der Waals surface area contributed by atoms with Crippen LogP contribution in [0.4, 0.5) is 0 Å². The van der Waals surface area contributed by atoms with Crippen molar-refractivity contribution in [1.82, 2.24) is 9.97 Å². The summed E-state index contributed by atoms with van der Waals surface area (Å²) in [6, 6.07) is 45.1. The molecule has 0 saturated carbocycles. The highest BCUT2D eigenvalue weighted by molar-refractivity contribution is 7.79. The van der Waals surface area contributed by atoms with Gasteiger partial charge in [0.1, 0.15) is 7.14 Å². The highest BCUT2D eigenvalue weighted by atomic mass is 31.2. The summed E-state index contributed by atoms with van der Waals surface area (Å²) in [6.07, 6.45) is 0. The molecule has 0 spiro atoms. The predicted molar refractivity (Wildman–Crippen MR) is 162 cm³/mol. The van der Waals surface area contributed by atoms with Crippen molar-refractivity contribution < 1.29 is 4.57 Å². The van der Waals surface area contributed by atoms with Crippen LogP contribution in [0.5, 0.6) is 0 Å². The Balaban J connectivity index is 1.34. The van der Waals surface area contributed by atoms with Gasteiger partial charge >= 0.3 is 0 Å². The highest BCUT2D eigenvalue weighted by Gasteiger charge is 2.35. The molecule has 4 heteroatoms. The van der Waals surface area contributed by atoms with Gasteiger partial charge in [0.2, 0.25) is 0 Å². The summed E-state index contributed by atoms with van der Waals surface area (Å²) in [4.78, 5) is 9.86. The van der Waals surface area contributed by atoms with Gasteiger partial charge in [0.15, 0.2) is 5.82 Å². The summed E-state index contributed by atoms with van der Waals surface area (Å²) >= 11 is 0. The molecule has 1 aliphatic rings. The van der Waals surface area contributed by atoms with Crippen molar-refractivity contribution in [2.45, 2.75) is 0 Å². The number of rotatable bonds is 4. The Morgan fingerprint density at radius 1 is 0.487 bits per heavy atom. The fourth-order valence-electron chi connectivity index (χ4n) is 5.50. The Morgan fingerprint density at radius 3 is 1.69 bits per heavy atom. The largest absolute Gasteiger partial charge is 0.314 e. The molecule has 186 valence electrons. The van der Waals surface area contributed by atoms with Crippen molar-refractivity contribution in [2.24, 2.45) is 0 Å². The van der Waals surface area contributed by atoms with E-state index >= 15 is 0 Å². The van der Waals surface area contributed by atoms with Crippen LogP contribution in [0.1, 0.15) is 0 Å². The summed E-state index contributed by atoms with van der Waals surface area (Å²) in [5.74, 6) is 0.701. The average Bonchev–Trinajstić information content (AvgIpc) is 3.24. The minimum atomic E-state index is -2.61. The van der Waals surface area contributed by atoms with E-state index in [1.165, 1.54) is 0 Å². The molecule has 3 nitrogen and oxygen atoms in total. The quantitative estimate of drug-likeness (QED) is 0.221. The van der Waals surface area contributed by atoms with Crippen LogP contribution < -0.4 is 10.6 Å². The molecule has 0 amide bonds. The molecule has 0 N–H and O–H groups in total. The van der Waals surface area contributed by atoms with Gasteiger partial charge in [-0.2, -0.15) is 0 Å². The van der Waals surface area contributed by atoms with Crippen LogP contribution in [-0.4, -0.2) is 16.6 Å². The molecular formula is C35H25N2OP. The zero-order valence-electron chi connectivity index (χ0n) is 21.5. The van der Waals surface area contributed by atoms with E-state index < -0.39 is 7.14 Å². The topological polar surface area (TPSA) is 42.9 Å². The Morgan fingerprint density at radius 2 is 1.00 bits per heavy atom. The second-order valence-electron chi connectivity index (χ2n) is 9.91. The van der Waals surface area contributed by atoms with Crippen molar-refractivity contribution in [3.05, 3.63) is 133 Å². The number of hydrogen-bond donors (Lipinski definition) is 0. The lowest BCUT2D eigenvalue weighted by atomic mass is 9.94. The molecule has 0 bridgehead atoms. The van der Waals surface area contributed by atoms with Crippen LogP contribution >= 0.6 is 7.14 Å². The maximum Gasteiger partial charge on any atom is 0.160 e. The monoisotopic (exact) mass is 520 g/mol. The van der Waals surface area contributed by atoms with Gasteiger partial charge in [-0.05, 0) is 29.4 Å². The maximum absolute atomic E-state index is 13.8. The van der Waals surface area contributed by atoms with Gasteiger partial charge in [-0.1, -0.05) is 127 Å². The third kappa shape index (κ3) is 4.03. The molecule has 1 unspecified atom stereocenters. The summed E-state index contributed by atoms with van der Waals surface area (Å²) < 4.78 is 13.8. The summed E-state index contributed by atoms with van der Waals surface area (Å²) in [5, 5.41) is 1.90. The molecule has 7 rings (SSSR count). The minimum absolute atomic E-state index is 0.701. The Hall–Kier alpha value is -4.59. The van der Waals surface area contributed by atoms with Gasteiger partial charge in [-0.3, -0.25) is 0 Å². The van der Waals surface area contributed by atoms with Crippen LogP contribution in [0.15, 0.2) is 133 Å². The SMILES string of the molecule is CP1(=O)c2ccccc2-c2c(-c3ccc(-c4cc(-c5ccccc5)nc(-c5ccccc5)n4)cc3)cccc21. The molecule has 0 radical (unpaired) electrons. The number of nitrogens with zero attached hydrogens (tertiary/aromatic N) is 2. The van der Waals surface area contributed by atoms with Gasteiger partial charge in [-0.25, -0.2) is 9.97 Å². The molecule has 1 aromatic heterocycles. The molecule has 0 fully saturated rings. The average molecular weight is 521 g/mol. The van der Waals surface area contributed by atoms with E-state index in [2.05, 4.69) is 54.6 Å².